The van der Waals surface area contributed by atoms with Crippen LogP contribution in [0.3, 0.4) is 0 Å². The summed E-state index contributed by atoms with van der Waals surface area (Å²) in [7, 11) is 1.60. The number of rotatable bonds is 5. The predicted octanol–water partition coefficient (Wildman–Crippen LogP) is 2.59. The van der Waals surface area contributed by atoms with Gasteiger partial charge in [-0.25, -0.2) is 9.67 Å². The molecule has 0 bridgehead atoms. The second-order valence-electron chi connectivity index (χ2n) is 8.17. The molecular weight excluding hydrogens is 420 g/mol. The van der Waals surface area contributed by atoms with Crippen molar-refractivity contribution >= 4 is 17.1 Å². The quantitative estimate of drug-likeness (QED) is 0.507. The Morgan fingerprint density at radius 2 is 1.94 bits per heavy atom. The lowest BCUT2D eigenvalue weighted by atomic mass is 9.96. The van der Waals surface area contributed by atoms with Crippen molar-refractivity contribution in [3.8, 4) is 5.75 Å². The van der Waals surface area contributed by atoms with Gasteiger partial charge in [0.2, 0.25) is 0 Å². The van der Waals surface area contributed by atoms with E-state index < -0.39 is 0 Å². The minimum Gasteiger partial charge on any atom is -0.497 e. The van der Waals surface area contributed by atoms with E-state index in [-0.39, 0.29) is 22.9 Å². The highest BCUT2D eigenvalue weighted by Gasteiger charge is 2.28. The number of aromatic nitrogens is 5. The molecule has 5 rings (SSSR count). The van der Waals surface area contributed by atoms with Crippen molar-refractivity contribution < 1.29 is 9.53 Å². The second kappa shape index (κ2) is 8.85. The molecule has 0 unspecified atom stereocenters. The molecule has 9 nitrogen and oxygen atoms in total. The summed E-state index contributed by atoms with van der Waals surface area (Å²) in [6.07, 6.45) is 1.66. The summed E-state index contributed by atoms with van der Waals surface area (Å²) in [4.78, 5) is 35.2. The molecule has 0 saturated carbocycles. The number of piperidine rings is 1. The number of hydrogen-bond donors (Lipinski definition) is 1. The molecule has 9 heteroatoms. The van der Waals surface area contributed by atoms with E-state index in [9.17, 15) is 9.59 Å². The minimum absolute atomic E-state index is 0.0402. The van der Waals surface area contributed by atoms with Crippen LogP contribution in [-0.2, 0) is 6.54 Å². The van der Waals surface area contributed by atoms with Gasteiger partial charge in [-0.15, -0.1) is 5.10 Å². The lowest BCUT2D eigenvalue weighted by Gasteiger charge is -2.32. The van der Waals surface area contributed by atoms with Gasteiger partial charge < -0.3 is 14.6 Å². The molecular formula is C24H24N6O3. The van der Waals surface area contributed by atoms with Gasteiger partial charge in [-0.05, 0) is 42.7 Å². The highest BCUT2D eigenvalue weighted by Crippen LogP contribution is 2.26. The summed E-state index contributed by atoms with van der Waals surface area (Å²) < 4.78 is 6.82. The van der Waals surface area contributed by atoms with Gasteiger partial charge >= 0.3 is 0 Å². The van der Waals surface area contributed by atoms with Crippen LogP contribution in [-0.4, -0.2) is 56.0 Å². The Balaban J connectivity index is 1.40. The van der Waals surface area contributed by atoms with E-state index in [2.05, 4.69) is 15.3 Å². The van der Waals surface area contributed by atoms with Crippen molar-refractivity contribution in [1.82, 2.24) is 29.9 Å². The normalized spacial score (nSPS) is 16.2. The first kappa shape index (κ1) is 20.9. The van der Waals surface area contributed by atoms with Gasteiger partial charge in [-0.2, -0.15) is 0 Å². The average molecular weight is 444 g/mol. The molecule has 2 aromatic heterocycles. The number of nitrogens with one attached hydrogen (secondary N) is 1. The fourth-order valence-corrected chi connectivity index (χ4v) is 4.24. The van der Waals surface area contributed by atoms with E-state index in [0.29, 0.717) is 42.4 Å². The van der Waals surface area contributed by atoms with Crippen LogP contribution in [0.4, 0.5) is 0 Å². The highest BCUT2D eigenvalue weighted by atomic mass is 16.5. The van der Waals surface area contributed by atoms with Gasteiger partial charge in [-0.1, -0.05) is 35.5 Å². The van der Waals surface area contributed by atoms with Gasteiger partial charge in [-0.3, -0.25) is 9.59 Å². The van der Waals surface area contributed by atoms with Crippen molar-refractivity contribution in [2.75, 3.05) is 20.2 Å². The first-order valence-electron chi connectivity index (χ1n) is 10.9. The number of nitrogens with zero attached hydrogens (tertiary/aromatic N) is 5. The summed E-state index contributed by atoms with van der Waals surface area (Å²) >= 11 is 0. The van der Waals surface area contributed by atoms with E-state index in [1.54, 1.807) is 36.1 Å². The molecule has 1 saturated heterocycles. The Morgan fingerprint density at radius 3 is 2.70 bits per heavy atom. The number of aromatic amines is 1. The van der Waals surface area contributed by atoms with Crippen molar-refractivity contribution in [2.45, 2.75) is 25.3 Å². The number of H-pyrrole nitrogens is 1. The van der Waals surface area contributed by atoms with Gasteiger partial charge in [0, 0.05) is 24.6 Å². The highest BCUT2D eigenvalue weighted by molar-refractivity contribution is 5.94. The number of benzene rings is 2. The van der Waals surface area contributed by atoms with Crippen LogP contribution in [0.1, 0.15) is 40.5 Å². The molecule has 0 radical (unpaired) electrons. The predicted molar refractivity (Wildman–Crippen MR) is 122 cm³/mol. The average Bonchev–Trinajstić information content (AvgIpc) is 3.27. The third-order valence-electron chi connectivity index (χ3n) is 6.00. The number of ether oxygens (including phenoxy) is 1. The van der Waals surface area contributed by atoms with Gasteiger partial charge in [0.1, 0.15) is 11.6 Å². The number of amides is 1. The summed E-state index contributed by atoms with van der Waals surface area (Å²) in [6.45, 7) is 1.63. The zero-order valence-corrected chi connectivity index (χ0v) is 18.3. The maximum atomic E-state index is 13.0. The standard InChI is InChI=1S/C24H24N6O3/c1-33-19-11-9-17(10-12-19)24(32)29-13-5-8-18(15-29)21-25-22-20(23(31)26-21)27-28-30(22)14-16-6-3-2-4-7-16/h2-4,6-7,9-12,18H,5,8,13-15H2,1H3,(H,25,26,31)/t18-/m0/s1. The number of fused-ring (bicyclic) bond motifs is 1. The Bertz CT molecular complexity index is 1330. The van der Waals surface area contributed by atoms with Crippen molar-refractivity contribution in [3.05, 3.63) is 81.9 Å². The lowest BCUT2D eigenvalue weighted by Crippen LogP contribution is -2.40. The molecule has 1 amide bonds. The lowest BCUT2D eigenvalue weighted by molar-refractivity contribution is 0.0704. The zero-order chi connectivity index (χ0) is 22.8. The van der Waals surface area contributed by atoms with Crippen molar-refractivity contribution in [3.63, 3.8) is 0 Å². The van der Waals surface area contributed by atoms with Crippen LogP contribution in [0.2, 0.25) is 0 Å². The summed E-state index contributed by atoms with van der Waals surface area (Å²) in [5.74, 6) is 1.16. The summed E-state index contributed by atoms with van der Waals surface area (Å²) in [5.41, 5.74) is 2.01. The molecule has 0 spiro atoms. The zero-order valence-electron chi connectivity index (χ0n) is 18.3. The van der Waals surface area contributed by atoms with Crippen molar-refractivity contribution in [1.29, 1.82) is 0 Å². The first-order valence-corrected chi connectivity index (χ1v) is 10.9. The summed E-state index contributed by atoms with van der Waals surface area (Å²) in [5, 5.41) is 8.17. The van der Waals surface area contributed by atoms with Crippen LogP contribution in [0.25, 0.3) is 11.2 Å². The van der Waals surface area contributed by atoms with Crippen LogP contribution in [0, 0.1) is 0 Å². The second-order valence-corrected chi connectivity index (χ2v) is 8.17. The number of likely N-dealkylation sites (tertiary alicyclic amines) is 1. The van der Waals surface area contributed by atoms with Crippen LogP contribution >= 0.6 is 0 Å². The fraction of sp³-hybridized carbons (Fsp3) is 0.292. The van der Waals surface area contributed by atoms with Crippen LogP contribution < -0.4 is 10.3 Å². The Kier molecular flexibility index (Phi) is 5.60. The monoisotopic (exact) mass is 444 g/mol. The maximum absolute atomic E-state index is 13.0. The Morgan fingerprint density at radius 1 is 1.15 bits per heavy atom. The molecule has 3 heterocycles. The van der Waals surface area contributed by atoms with Gasteiger partial charge in [0.25, 0.3) is 11.5 Å². The fourth-order valence-electron chi connectivity index (χ4n) is 4.24. The number of methoxy groups -OCH3 is 1. The molecule has 1 atom stereocenters. The molecule has 33 heavy (non-hydrogen) atoms. The van der Waals surface area contributed by atoms with Gasteiger partial charge in [0.15, 0.2) is 11.2 Å². The maximum Gasteiger partial charge on any atom is 0.281 e. The van der Waals surface area contributed by atoms with Crippen LogP contribution in [0.15, 0.2) is 59.4 Å². The third-order valence-corrected chi connectivity index (χ3v) is 6.00. The molecule has 1 N–H and O–H groups in total. The number of carbonyl (C=O) groups is 1. The smallest absolute Gasteiger partial charge is 0.281 e. The van der Waals surface area contributed by atoms with Crippen LogP contribution in [0.5, 0.6) is 5.75 Å². The van der Waals surface area contributed by atoms with Crippen molar-refractivity contribution in [2.24, 2.45) is 0 Å². The summed E-state index contributed by atoms with van der Waals surface area (Å²) in [6, 6.07) is 16.9. The first-order chi connectivity index (χ1) is 16.1. The molecule has 2 aromatic carbocycles. The number of carbonyl (C=O) groups excluding carboxylic acids is 1. The minimum atomic E-state index is -0.312. The Labute approximate surface area is 190 Å². The number of hydrogen-bond acceptors (Lipinski definition) is 6. The third kappa shape index (κ3) is 4.21. The van der Waals surface area contributed by atoms with Gasteiger partial charge in [0.05, 0.1) is 13.7 Å². The molecule has 1 aliphatic rings. The molecule has 1 fully saturated rings. The topological polar surface area (TPSA) is 106 Å². The largest absolute Gasteiger partial charge is 0.497 e. The molecule has 4 aromatic rings. The van der Waals surface area contributed by atoms with E-state index in [4.69, 9.17) is 9.72 Å². The molecule has 0 aliphatic carbocycles. The SMILES string of the molecule is COc1ccc(C(=O)N2CCC[C@H](c3nc4c(nnn4Cc4ccccc4)c(=O)[nH]3)C2)cc1. The van der Waals surface area contributed by atoms with E-state index in [0.717, 1.165) is 18.4 Å². The van der Waals surface area contributed by atoms with E-state index >= 15 is 0 Å². The Hall–Kier alpha value is -4.01. The van der Waals surface area contributed by atoms with E-state index in [1.807, 2.05) is 35.2 Å². The molecule has 168 valence electrons. The molecule has 1 aliphatic heterocycles. The van der Waals surface area contributed by atoms with E-state index in [1.165, 1.54) is 0 Å².